The highest BCUT2D eigenvalue weighted by Gasteiger charge is 2.05. The van der Waals surface area contributed by atoms with Gasteiger partial charge in [-0.25, -0.2) is 0 Å². The Hall–Kier alpha value is -1.96. The molecule has 16 heavy (non-hydrogen) atoms. The first kappa shape index (κ1) is 10.6. The number of allylic oxidation sites excluding steroid dienone is 4. The van der Waals surface area contributed by atoms with Crippen molar-refractivity contribution in [2.24, 2.45) is 0 Å². The summed E-state index contributed by atoms with van der Waals surface area (Å²) in [6, 6.07) is 5.86. The molecule has 0 saturated carbocycles. The Morgan fingerprint density at radius 3 is 3.00 bits per heavy atom. The maximum atomic E-state index is 5.78. The van der Waals surface area contributed by atoms with Crippen LogP contribution in [0.25, 0.3) is 5.57 Å². The minimum absolute atomic E-state index is 0.767. The molecule has 1 aromatic rings. The lowest BCUT2D eigenvalue weighted by Gasteiger charge is -2.11. The van der Waals surface area contributed by atoms with Gasteiger partial charge in [-0.3, -0.25) is 0 Å². The fourth-order valence-corrected chi connectivity index (χ4v) is 1.80. The van der Waals surface area contributed by atoms with E-state index in [2.05, 4.69) is 37.0 Å². The smallest absolute Gasteiger partial charge is 0.0442 e. The van der Waals surface area contributed by atoms with Crippen LogP contribution in [0.15, 0.2) is 48.6 Å². The van der Waals surface area contributed by atoms with Crippen LogP contribution in [0.5, 0.6) is 0 Å². The highest BCUT2D eigenvalue weighted by molar-refractivity contribution is 5.83. The number of hydrogen-bond donors (Lipinski definition) is 2. The van der Waals surface area contributed by atoms with E-state index < -0.39 is 0 Å². The zero-order valence-corrected chi connectivity index (χ0v) is 9.46. The molecule has 0 aliphatic carbocycles. The Bertz CT molecular complexity index is 482. The Morgan fingerprint density at radius 2 is 2.19 bits per heavy atom. The van der Waals surface area contributed by atoms with Crippen molar-refractivity contribution in [3.8, 4) is 0 Å². The van der Waals surface area contributed by atoms with Gasteiger partial charge in [0.25, 0.3) is 0 Å². The molecule has 0 bridgehead atoms. The quantitative estimate of drug-likeness (QED) is 0.648. The summed E-state index contributed by atoms with van der Waals surface area (Å²) in [5, 5.41) is 3.34. The van der Waals surface area contributed by atoms with Crippen LogP contribution >= 0.6 is 0 Å². The molecule has 1 aliphatic heterocycles. The molecule has 0 saturated heterocycles. The number of nitrogens with one attached hydrogen (secondary N) is 1. The third-order valence-corrected chi connectivity index (χ3v) is 2.58. The molecule has 2 rings (SSSR count). The molecule has 1 aromatic carbocycles. The predicted molar refractivity (Wildman–Crippen MR) is 71.3 cm³/mol. The SMILES string of the molecule is C=C1/C=C(C)\C=C/CNc2cc(N)ccc21. The van der Waals surface area contributed by atoms with Crippen LogP contribution in [0, 0.1) is 0 Å². The predicted octanol–water partition coefficient (Wildman–Crippen LogP) is 3.21. The summed E-state index contributed by atoms with van der Waals surface area (Å²) in [7, 11) is 0. The number of benzene rings is 1. The highest BCUT2D eigenvalue weighted by Crippen LogP contribution is 2.27. The summed E-state index contributed by atoms with van der Waals surface area (Å²) < 4.78 is 0. The van der Waals surface area contributed by atoms with Gasteiger partial charge < -0.3 is 11.1 Å². The Labute approximate surface area is 96.2 Å². The minimum atomic E-state index is 0.767. The second-order valence-corrected chi connectivity index (χ2v) is 4.00. The summed E-state index contributed by atoms with van der Waals surface area (Å²) >= 11 is 0. The molecular formula is C14H16N2. The van der Waals surface area contributed by atoms with Crippen molar-refractivity contribution < 1.29 is 0 Å². The third kappa shape index (κ3) is 2.16. The van der Waals surface area contributed by atoms with Crippen molar-refractivity contribution in [1.82, 2.24) is 0 Å². The average Bonchev–Trinajstić information content (AvgIpc) is 2.29. The monoisotopic (exact) mass is 212 g/mol. The first-order valence-electron chi connectivity index (χ1n) is 5.34. The summed E-state index contributed by atoms with van der Waals surface area (Å²) in [5.74, 6) is 0. The first-order chi connectivity index (χ1) is 7.66. The van der Waals surface area contributed by atoms with Crippen LogP contribution in [-0.2, 0) is 0 Å². The fourth-order valence-electron chi connectivity index (χ4n) is 1.80. The Kier molecular flexibility index (Phi) is 2.82. The molecule has 0 aromatic heterocycles. The number of hydrogen-bond acceptors (Lipinski definition) is 2. The molecule has 82 valence electrons. The zero-order valence-electron chi connectivity index (χ0n) is 9.46. The van der Waals surface area contributed by atoms with Crippen molar-refractivity contribution in [3.63, 3.8) is 0 Å². The van der Waals surface area contributed by atoms with E-state index in [0.29, 0.717) is 0 Å². The third-order valence-electron chi connectivity index (χ3n) is 2.58. The van der Waals surface area contributed by atoms with E-state index in [0.717, 1.165) is 29.1 Å². The van der Waals surface area contributed by atoms with Crippen LogP contribution in [0.2, 0.25) is 0 Å². The number of nitrogen functional groups attached to an aromatic ring is 1. The van der Waals surface area contributed by atoms with E-state index >= 15 is 0 Å². The van der Waals surface area contributed by atoms with Gasteiger partial charge in [0.1, 0.15) is 0 Å². The van der Waals surface area contributed by atoms with E-state index in [1.165, 1.54) is 5.57 Å². The lowest BCUT2D eigenvalue weighted by molar-refractivity contribution is 1.32. The molecule has 0 atom stereocenters. The summed E-state index contributed by atoms with van der Waals surface area (Å²) in [4.78, 5) is 0. The minimum Gasteiger partial charge on any atom is -0.399 e. The van der Waals surface area contributed by atoms with Crippen LogP contribution in [0.4, 0.5) is 11.4 Å². The molecule has 2 nitrogen and oxygen atoms in total. The second kappa shape index (κ2) is 4.27. The molecule has 2 heteroatoms. The van der Waals surface area contributed by atoms with Gasteiger partial charge in [-0.1, -0.05) is 36.4 Å². The van der Waals surface area contributed by atoms with Crippen molar-refractivity contribution in [2.45, 2.75) is 6.92 Å². The van der Waals surface area contributed by atoms with Crippen molar-refractivity contribution in [2.75, 3.05) is 17.6 Å². The molecule has 0 fully saturated rings. The normalized spacial score (nSPS) is 20.6. The average molecular weight is 212 g/mol. The van der Waals surface area contributed by atoms with Gasteiger partial charge in [-0.2, -0.15) is 0 Å². The number of rotatable bonds is 0. The van der Waals surface area contributed by atoms with Crippen LogP contribution in [-0.4, -0.2) is 6.54 Å². The van der Waals surface area contributed by atoms with Gasteiger partial charge in [-0.05, 0) is 24.6 Å². The number of anilines is 2. The molecule has 0 amide bonds. The topological polar surface area (TPSA) is 38.0 Å². The standard InChI is InChI=1S/C14H16N2/c1-10-4-3-7-16-14-9-12(15)5-6-13(14)11(2)8-10/h3-6,8-9,16H,2,7,15H2,1H3/b4-3-,10-8-. The van der Waals surface area contributed by atoms with Crippen molar-refractivity contribution in [1.29, 1.82) is 0 Å². The summed E-state index contributed by atoms with van der Waals surface area (Å²) in [5.41, 5.74) is 10.9. The molecule has 1 heterocycles. The van der Waals surface area contributed by atoms with E-state index in [1.807, 2.05) is 18.2 Å². The van der Waals surface area contributed by atoms with E-state index in [4.69, 9.17) is 5.73 Å². The van der Waals surface area contributed by atoms with Crippen molar-refractivity contribution >= 4 is 16.9 Å². The van der Waals surface area contributed by atoms with Crippen molar-refractivity contribution in [3.05, 3.63) is 54.1 Å². The van der Waals surface area contributed by atoms with E-state index in [1.54, 1.807) is 0 Å². The van der Waals surface area contributed by atoms with Gasteiger partial charge >= 0.3 is 0 Å². The van der Waals surface area contributed by atoms with Crippen LogP contribution in [0.3, 0.4) is 0 Å². The molecule has 0 radical (unpaired) electrons. The zero-order chi connectivity index (χ0) is 11.5. The summed E-state index contributed by atoms with van der Waals surface area (Å²) in [6.07, 6.45) is 6.27. The molecule has 0 spiro atoms. The van der Waals surface area contributed by atoms with Gasteiger partial charge in [0.05, 0.1) is 0 Å². The summed E-state index contributed by atoms with van der Waals surface area (Å²) in [6.45, 7) is 6.96. The van der Waals surface area contributed by atoms with Gasteiger partial charge in [-0.15, -0.1) is 0 Å². The second-order valence-electron chi connectivity index (χ2n) is 4.00. The maximum Gasteiger partial charge on any atom is 0.0442 e. The van der Waals surface area contributed by atoms with Crippen LogP contribution < -0.4 is 11.1 Å². The van der Waals surface area contributed by atoms with Gasteiger partial charge in [0, 0.05) is 23.5 Å². The lowest BCUT2D eigenvalue weighted by Crippen LogP contribution is -2.01. The molecule has 1 aliphatic rings. The fraction of sp³-hybridized carbons (Fsp3) is 0.143. The maximum absolute atomic E-state index is 5.78. The van der Waals surface area contributed by atoms with Gasteiger partial charge in [0.2, 0.25) is 0 Å². The Morgan fingerprint density at radius 1 is 1.38 bits per heavy atom. The van der Waals surface area contributed by atoms with E-state index in [-0.39, 0.29) is 0 Å². The van der Waals surface area contributed by atoms with Crippen LogP contribution in [0.1, 0.15) is 12.5 Å². The number of fused-ring (bicyclic) bond motifs is 1. The first-order valence-corrected chi connectivity index (χ1v) is 5.34. The lowest BCUT2D eigenvalue weighted by atomic mass is 10.0. The number of nitrogens with two attached hydrogens (primary N) is 1. The van der Waals surface area contributed by atoms with E-state index in [9.17, 15) is 0 Å². The highest BCUT2D eigenvalue weighted by atomic mass is 14.9. The van der Waals surface area contributed by atoms with Gasteiger partial charge in [0.15, 0.2) is 0 Å². The Balaban J connectivity index is 2.50. The molecule has 0 unspecified atom stereocenters. The largest absolute Gasteiger partial charge is 0.399 e. The molecular weight excluding hydrogens is 196 g/mol. The molecule has 3 N–H and O–H groups in total.